The van der Waals surface area contributed by atoms with Gasteiger partial charge in [0.15, 0.2) is 0 Å². The van der Waals surface area contributed by atoms with E-state index in [1.54, 1.807) is 43.3 Å². The number of nitrogens with one attached hydrogen (secondary N) is 4. The van der Waals surface area contributed by atoms with E-state index in [-0.39, 0.29) is 23.1 Å². The second-order valence-electron chi connectivity index (χ2n) is 12.7. The molecule has 5 N–H and O–H groups in total. The molecule has 0 saturated carbocycles. The summed E-state index contributed by atoms with van der Waals surface area (Å²) in [5, 5.41) is 21.3. The topological polar surface area (TPSA) is 157 Å². The summed E-state index contributed by atoms with van der Waals surface area (Å²) >= 11 is 0. The van der Waals surface area contributed by atoms with Gasteiger partial charge in [-0.3, -0.25) is 9.59 Å². The van der Waals surface area contributed by atoms with Crippen LogP contribution < -0.4 is 20.8 Å². The van der Waals surface area contributed by atoms with E-state index in [9.17, 15) is 27.9 Å². The van der Waals surface area contributed by atoms with Gasteiger partial charge in [-0.15, -0.1) is 4.83 Å². The number of aliphatic carboxylic acids is 1. The number of carboxylic acids is 1. The van der Waals surface area contributed by atoms with Gasteiger partial charge in [-0.25, -0.2) is 18.2 Å². The summed E-state index contributed by atoms with van der Waals surface area (Å²) < 4.78 is 26.9. The van der Waals surface area contributed by atoms with Crippen LogP contribution in [-0.2, 0) is 24.4 Å². The molecule has 2 atom stereocenters. The molecule has 2 aliphatic rings. The number of rotatable bonds is 15. The molecule has 45 heavy (non-hydrogen) atoms. The first-order chi connectivity index (χ1) is 21.5. The van der Waals surface area contributed by atoms with Crippen LogP contribution in [0.15, 0.2) is 47.4 Å². The molecule has 2 fully saturated rings. The van der Waals surface area contributed by atoms with E-state index in [0.29, 0.717) is 27.6 Å². The van der Waals surface area contributed by atoms with Gasteiger partial charge < -0.3 is 21.1 Å². The van der Waals surface area contributed by atoms with E-state index in [2.05, 4.69) is 20.8 Å². The van der Waals surface area contributed by atoms with Crippen molar-refractivity contribution in [1.82, 2.24) is 25.8 Å². The third-order valence-electron chi connectivity index (χ3n) is 9.28. The average Bonchev–Trinajstić information content (AvgIpc) is 3.03. The molecule has 11 nitrogen and oxygen atoms in total. The molecule has 0 spiro atoms. The Morgan fingerprint density at radius 3 is 2.02 bits per heavy atom. The van der Waals surface area contributed by atoms with Gasteiger partial charge >= 0.3 is 5.97 Å². The van der Waals surface area contributed by atoms with Crippen molar-refractivity contribution in [2.45, 2.75) is 88.6 Å². The van der Waals surface area contributed by atoms with Crippen molar-refractivity contribution in [3.8, 4) is 0 Å². The lowest BCUT2D eigenvalue weighted by Crippen LogP contribution is -2.54. The lowest BCUT2D eigenvalue weighted by Gasteiger charge is -2.29. The number of carbonyl (C=O) groups excluding carboxylic acids is 2. The van der Waals surface area contributed by atoms with Crippen LogP contribution in [0.4, 0.5) is 0 Å². The Morgan fingerprint density at radius 2 is 1.44 bits per heavy atom. The molecule has 2 aromatic rings. The Balaban J connectivity index is 1.42. The Bertz CT molecular complexity index is 1380. The molecule has 2 amide bonds. The van der Waals surface area contributed by atoms with Crippen molar-refractivity contribution in [2.24, 2.45) is 17.8 Å². The molecule has 0 aromatic heterocycles. The highest BCUT2D eigenvalue weighted by Crippen LogP contribution is 2.27. The van der Waals surface area contributed by atoms with E-state index in [4.69, 9.17) is 0 Å². The summed E-state index contributed by atoms with van der Waals surface area (Å²) in [6.07, 6.45) is 7.72. The molecule has 4 rings (SSSR count). The minimum Gasteiger partial charge on any atom is -0.480 e. The zero-order chi connectivity index (χ0) is 32.4. The van der Waals surface area contributed by atoms with Crippen molar-refractivity contribution in [3.05, 3.63) is 42.5 Å². The van der Waals surface area contributed by atoms with Gasteiger partial charge in [0.2, 0.25) is 11.8 Å². The van der Waals surface area contributed by atoms with E-state index >= 15 is 0 Å². The van der Waals surface area contributed by atoms with Crippen molar-refractivity contribution in [2.75, 3.05) is 26.2 Å². The Kier molecular flexibility index (Phi) is 12.8. The Hall–Kier alpha value is -3.06. The van der Waals surface area contributed by atoms with Gasteiger partial charge in [0, 0.05) is 23.8 Å². The zero-order valence-electron chi connectivity index (χ0n) is 26.5. The number of hydrazine groups is 1. The first-order valence-corrected chi connectivity index (χ1v) is 17.8. The molecule has 0 bridgehead atoms. The highest BCUT2D eigenvalue weighted by atomic mass is 32.2. The minimum atomic E-state index is -4.32. The first kappa shape index (κ1) is 34.8. The number of carbonyl (C=O) groups is 3. The smallest absolute Gasteiger partial charge is 0.327 e. The molecule has 2 heterocycles. The minimum absolute atomic E-state index is 0.0670. The Labute approximate surface area is 266 Å². The highest BCUT2D eigenvalue weighted by Gasteiger charge is 2.33. The maximum atomic E-state index is 13.6. The van der Waals surface area contributed by atoms with Crippen LogP contribution in [0.1, 0.15) is 71.6 Å². The monoisotopic (exact) mass is 643 g/mol. The molecule has 2 unspecified atom stereocenters. The molecular weight excluding hydrogens is 594 g/mol. The summed E-state index contributed by atoms with van der Waals surface area (Å²) in [6, 6.07) is 9.59. The molecule has 0 radical (unpaired) electrons. The van der Waals surface area contributed by atoms with E-state index in [1.165, 1.54) is 13.0 Å². The predicted octanol–water partition coefficient (Wildman–Crippen LogP) is 3.41. The van der Waals surface area contributed by atoms with Gasteiger partial charge in [-0.2, -0.15) is 0 Å². The fourth-order valence-electron chi connectivity index (χ4n) is 6.46. The van der Waals surface area contributed by atoms with Gasteiger partial charge in [-0.05, 0) is 115 Å². The fraction of sp³-hybridized carbons (Fsp3) is 0.606. The van der Waals surface area contributed by atoms with E-state index < -0.39 is 34.0 Å². The van der Waals surface area contributed by atoms with Crippen LogP contribution in [0, 0.1) is 17.8 Å². The molecule has 12 heteroatoms. The van der Waals surface area contributed by atoms with Crippen molar-refractivity contribution in [3.63, 3.8) is 0 Å². The summed E-state index contributed by atoms with van der Waals surface area (Å²) in [4.78, 5) is 41.1. The lowest BCUT2D eigenvalue weighted by molar-refractivity contribution is -0.151. The normalized spacial score (nSPS) is 18.0. The number of benzene rings is 2. The third kappa shape index (κ3) is 9.96. The van der Waals surface area contributed by atoms with Gasteiger partial charge in [0.05, 0.1) is 4.90 Å². The van der Waals surface area contributed by atoms with Crippen LogP contribution in [0.3, 0.4) is 0 Å². The van der Waals surface area contributed by atoms with Crippen molar-refractivity contribution < 1.29 is 27.9 Å². The largest absolute Gasteiger partial charge is 0.480 e. The van der Waals surface area contributed by atoms with Crippen LogP contribution in [0.25, 0.3) is 10.8 Å². The summed E-state index contributed by atoms with van der Waals surface area (Å²) in [7, 11) is -4.32. The molecular formula is C33H49N5O6S. The number of nitrogens with zero attached hydrogens (tertiary/aromatic N) is 1. The number of hydrogen-bond acceptors (Lipinski definition) is 7. The van der Waals surface area contributed by atoms with E-state index in [0.717, 1.165) is 77.5 Å². The second-order valence-corrected chi connectivity index (χ2v) is 14.3. The SMILES string of the molecule is CC(CC(=O)N(NS(=O)(=O)c1cccc2ccccc12)C(C)C(=O)O)NC(=O)C(CCC1CCNCC1)CCC1CCNCC1. The first-order valence-electron chi connectivity index (χ1n) is 16.3. The maximum Gasteiger partial charge on any atom is 0.327 e. The number of carboxylic acid groups (broad SMARTS) is 1. The number of piperidine rings is 2. The number of sulfonamides is 1. The van der Waals surface area contributed by atoms with Gasteiger partial charge in [0.1, 0.15) is 6.04 Å². The molecule has 248 valence electrons. The lowest BCUT2D eigenvalue weighted by atomic mass is 9.84. The molecule has 2 saturated heterocycles. The second kappa shape index (κ2) is 16.5. The average molecular weight is 644 g/mol. The summed E-state index contributed by atoms with van der Waals surface area (Å²) in [6.45, 7) is 6.95. The quantitative estimate of drug-likeness (QED) is 0.185. The maximum absolute atomic E-state index is 13.6. The zero-order valence-corrected chi connectivity index (χ0v) is 27.3. The van der Waals surface area contributed by atoms with Crippen LogP contribution >= 0.6 is 0 Å². The van der Waals surface area contributed by atoms with Gasteiger partial charge in [0.25, 0.3) is 10.0 Å². The summed E-state index contributed by atoms with van der Waals surface area (Å²) in [5.74, 6) is -1.20. The number of hydrogen-bond donors (Lipinski definition) is 5. The van der Waals surface area contributed by atoms with E-state index in [1.807, 2.05) is 0 Å². The number of amides is 2. The fourth-order valence-corrected chi connectivity index (χ4v) is 7.81. The number of fused-ring (bicyclic) bond motifs is 1. The third-order valence-corrected chi connectivity index (χ3v) is 10.6. The van der Waals surface area contributed by atoms with Crippen molar-refractivity contribution >= 4 is 38.6 Å². The predicted molar refractivity (Wildman–Crippen MR) is 174 cm³/mol. The van der Waals surface area contributed by atoms with Crippen molar-refractivity contribution in [1.29, 1.82) is 0 Å². The molecule has 2 aliphatic heterocycles. The van der Waals surface area contributed by atoms with Gasteiger partial charge in [-0.1, -0.05) is 36.4 Å². The summed E-state index contributed by atoms with van der Waals surface area (Å²) in [5.41, 5.74) is 0. The Morgan fingerprint density at radius 1 is 0.889 bits per heavy atom. The van der Waals surface area contributed by atoms with Crippen LogP contribution in [0.5, 0.6) is 0 Å². The van der Waals surface area contributed by atoms with Crippen LogP contribution in [0.2, 0.25) is 0 Å². The van der Waals surface area contributed by atoms with Crippen LogP contribution in [-0.4, -0.2) is 74.6 Å². The standard InChI is InChI=1S/C33H49N5O6S/c1-23(36-32(40)28(12-10-25-14-18-34-19-15-25)13-11-26-16-20-35-21-17-26)22-31(39)38(24(2)33(41)42)37-45(43,44)30-9-5-7-27-6-3-4-8-29(27)30/h3-9,23-26,28,34-35,37H,10-22H2,1-2H3,(H,36,40)(H,41,42). The highest BCUT2D eigenvalue weighted by molar-refractivity contribution is 7.89. The molecule has 0 aliphatic carbocycles. The molecule has 2 aromatic carbocycles.